The van der Waals surface area contributed by atoms with Gasteiger partial charge in [-0.25, -0.2) is 4.98 Å². The summed E-state index contributed by atoms with van der Waals surface area (Å²) in [5.41, 5.74) is 6.73. The standard InChI is InChI=1S/C24H18N2O/c1-15-12-13-18-19(14-15)25-23-21(20(18)16-8-4-2-5-9-16)22(26-24(23)27)17-10-6-3-7-11-17/h2-14,22H,1H3,(H,26,27). The number of carbonyl (C=O) groups excluding carboxylic acids is 1. The SMILES string of the molecule is Cc1ccc2c(-c3ccccc3)c3c(nc2c1)C(=O)NC3c1ccccc1. The van der Waals surface area contributed by atoms with Crippen LogP contribution in [0.15, 0.2) is 78.9 Å². The summed E-state index contributed by atoms with van der Waals surface area (Å²) in [7, 11) is 0. The summed E-state index contributed by atoms with van der Waals surface area (Å²) in [6, 6.07) is 26.4. The number of amides is 1. The van der Waals surface area contributed by atoms with Crippen molar-refractivity contribution in [3.8, 4) is 11.1 Å². The van der Waals surface area contributed by atoms with Crippen LogP contribution in [-0.2, 0) is 0 Å². The molecule has 130 valence electrons. The molecule has 3 aromatic carbocycles. The number of hydrogen-bond acceptors (Lipinski definition) is 2. The first-order chi connectivity index (χ1) is 13.2. The molecule has 1 atom stereocenters. The highest BCUT2D eigenvalue weighted by Gasteiger charge is 2.35. The number of aromatic nitrogens is 1. The molecule has 27 heavy (non-hydrogen) atoms. The molecule has 1 amide bonds. The summed E-state index contributed by atoms with van der Waals surface area (Å²) in [4.78, 5) is 17.5. The van der Waals surface area contributed by atoms with E-state index in [1.54, 1.807) is 0 Å². The Bertz CT molecular complexity index is 1170. The average molecular weight is 350 g/mol. The minimum atomic E-state index is -0.192. The van der Waals surface area contributed by atoms with Gasteiger partial charge < -0.3 is 5.32 Å². The summed E-state index contributed by atoms with van der Waals surface area (Å²) < 4.78 is 0. The van der Waals surface area contributed by atoms with Gasteiger partial charge in [0.2, 0.25) is 0 Å². The van der Waals surface area contributed by atoms with Crippen LogP contribution in [0.1, 0.15) is 33.2 Å². The molecule has 1 aromatic heterocycles. The molecule has 1 N–H and O–H groups in total. The Balaban J connectivity index is 1.89. The van der Waals surface area contributed by atoms with Crippen LogP contribution in [0.5, 0.6) is 0 Å². The summed E-state index contributed by atoms with van der Waals surface area (Å²) >= 11 is 0. The number of pyridine rings is 1. The van der Waals surface area contributed by atoms with E-state index in [-0.39, 0.29) is 11.9 Å². The number of aryl methyl sites for hydroxylation is 1. The molecule has 0 fully saturated rings. The lowest BCUT2D eigenvalue weighted by atomic mass is 9.89. The maximum Gasteiger partial charge on any atom is 0.271 e. The molecule has 4 aromatic rings. The van der Waals surface area contributed by atoms with Crippen molar-refractivity contribution in [1.82, 2.24) is 10.3 Å². The summed E-state index contributed by atoms with van der Waals surface area (Å²) in [6.45, 7) is 2.05. The van der Waals surface area contributed by atoms with Crippen LogP contribution in [0.2, 0.25) is 0 Å². The normalized spacial score (nSPS) is 15.6. The van der Waals surface area contributed by atoms with E-state index in [1.165, 1.54) is 0 Å². The zero-order valence-corrected chi connectivity index (χ0v) is 14.9. The van der Waals surface area contributed by atoms with Gasteiger partial charge >= 0.3 is 0 Å². The Morgan fingerprint density at radius 1 is 0.889 bits per heavy atom. The lowest BCUT2D eigenvalue weighted by molar-refractivity contribution is 0.0956. The van der Waals surface area contributed by atoms with E-state index in [4.69, 9.17) is 4.98 Å². The highest BCUT2D eigenvalue weighted by molar-refractivity contribution is 6.07. The van der Waals surface area contributed by atoms with Gasteiger partial charge in [-0.05, 0) is 35.2 Å². The second-order valence-corrected chi connectivity index (χ2v) is 6.95. The molecule has 3 nitrogen and oxygen atoms in total. The van der Waals surface area contributed by atoms with Gasteiger partial charge in [0.15, 0.2) is 0 Å². The van der Waals surface area contributed by atoms with Crippen molar-refractivity contribution < 1.29 is 4.79 Å². The van der Waals surface area contributed by atoms with Crippen molar-refractivity contribution in [1.29, 1.82) is 0 Å². The first kappa shape index (κ1) is 15.8. The van der Waals surface area contributed by atoms with Crippen LogP contribution in [0.25, 0.3) is 22.0 Å². The quantitative estimate of drug-likeness (QED) is 0.550. The van der Waals surface area contributed by atoms with Gasteiger partial charge in [-0.2, -0.15) is 0 Å². The molecule has 2 heterocycles. The lowest BCUT2D eigenvalue weighted by Crippen LogP contribution is -2.20. The topological polar surface area (TPSA) is 42.0 Å². The first-order valence-electron chi connectivity index (χ1n) is 9.08. The lowest BCUT2D eigenvalue weighted by Gasteiger charge is -2.18. The van der Waals surface area contributed by atoms with Gasteiger partial charge in [0.05, 0.1) is 11.6 Å². The van der Waals surface area contributed by atoms with E-state index in [2.05, 4.69) is 29.6 Å². The van der Waals surface area contributed by atoms with Crippen molar-refractivity contribution in [2.24, 2.45) is 0 Å². The van der Waals surface area contributed by atoms with Crippen molar-refractivity contribution >= 4 is 16.8 Å². The number of hydrogen-bond donors (Lipinski definition) is 1. The summed E-state index contributed by atoms with van der Waals surface area (Å²) in [5.74, 6) is -0.112. The molecule has 3 heteroatoms. The first-order valence-corrected chi connectivity index (χ1v) is 9.08. The van der Waals surface area contributed by atoms with E-state index in [0.29, 0.717) is 5.69 Å². The van der Waals surface area contributed by atoms with Crippen molar-refractivity contribution in [2.45, 2.75) is 13.0 Å². The minimum Gasteiger partial charge on any atom is -0.340 e. The Hall–Kier alpha value is -3.46. The number of nitrogens with zero attached hydrogens (tertiary/aromatic N) is 1. The average Bonchev–Trinajstić information content (AvgIpc) is 3.04. The van der Waals surface area contributed by atoms with Gasteiger partial charge in [-0.15, -0.1) is 0 Å². The molecular weight excluding hydrogens is 332 g/mol. The summed E-state index contributed by atoms with van der Waals surface area (Å²) in [6.07, 6.45) is 0. The molecular formula is C24H18N2O. The molecule has 5 rings (SSSR count). The fraction of sp³-hybridized carbons (Fsp3) is 0.0833. The van der Waals surface area contributed by atoms with E-state index < -0.39 is 0 Å². The molecule has 1 aliphatic heterocycles. The molecule has 1 aliphatic rings. The molecule has 0 bridgehead atoms. The molecule has 0 saturated carbocycles. The monoisotopic (exact) mass is 350 g/mol. The van der Waals surface area contributed by atoms with Crippen molar-refractivity contribution in [3.63, 3.8) is 0 Å². The van der Waals surface area contributed by atoms with Crippen molar-refractivity contribution in [3.05, 3.63) is 101 Å². The smallest absolute Gasteiger partial charge is 0.271 e. The van der Waals surface area contributed by atoms with Gasteiger partial charge in [-0.1, -0.05) is 72.8 Å². The number of benzene rings is 3. The van der Waals surface area contributed by atoms with Gasteiger partial charge in [0.1, 0.15) is 5.69 Å². The van der Waals surface area contributed by atoms with Crippen LogP contribution in [-0.4, -0.2) is 10.9 Å². The second kappa shape index (κ2) is 6.06. The Kier molecular flexibility index (Phi) is 3.54. The Morgan fingerprint density at radius 3 is 2.33 bits per heavy atom. The fourth-order valence-corrected chi connectivity index (χ4v) is 3.93. The molecule has 1 unspecified atom stereocenters. The number of carbonyl (C=O) groups is 1. The maximum absolute atomic E-state index is 12.8. The third kappa shape index (κ3) is 2.51. The van der Waals surface area contributed by atoms with Crippen LogP contribution >= 0.6 is 0 Å². The zero-order valence-electron chi connectivity index (χ0n) is 14.9. The van der Waals surface area contributed by atoms with Crippen molar-refractivity contribution in [2.75, 3.05) is 0 Å². The van der Waals surface area contributed by atoms with Gasteiger partial charge in [0, 0.05) is 10.9 Å². The van der Waals surface area contributed by atoms with Crippen LogP contribution in [0.4, 0.5) is 0 Å². The number of nitrogens with one attached hydrogen (secondary N) is 1. The van der Waals surface area contributed by atoms with Crippen LogP contribution < -0.4 is 5.32 Å². The largest absolute Gasteiger partial charge is 0.340 e. The highest BCUT2D eigenvalue weighted by Crippen LogP contribution is 2.41. The fourth-order valence-electron chi connectivity index (χ4n) is 3.93. The number of rotatable bonds is 2. The molecule has 0 saturated heterocycles. The minimum absolute atomic E-state index is 0.112. The number of fused-ring (bicyclic) bond motifs is 2. The predicted octanol–water partition coefficient (Wildman–Crippen LogP) is 5.04. The van der Waals surface area contributed by atoms with E-state index in [0.717, 1.165) is 38.7 Å². The van der Waals surface area contributed by atoms with Gasteiger partial charge in [0.25, 0.3) is 5.91 Å². The molecule has 0 aliphatic carbocycles. The predicted molar refractivity (Wildman–Crippen MR) is 108 cm³/mol. The third-order valence-electron chi connectivity index (χ3n) is 5.15. The van der Waals surface area contributed by atoms with Crippen LogP contribution in [0, 0.1) is 6.92 Å². The molecule has 0 radical (unpaired) electrons. The third-order valence-corrected chi connectivity index (χ3v) is 5.15. The van der Waals surface area contributed by atoms with E-state index in [9.17, 15) is 4.79 Å². The van der Waals surface area contributed by atoms with Gasteiger partial charge in [-0.3, -0.25) is 4.79 Å². The Labute approximate surface area is 157 Å². The summed E-state index contributed by atoms with van der Waals surface area (Å²) in [5, 5.41) is 4.21. The van der Waals surface area contributed by atoms with E-state index in [1.807, 2.05) is 61.5 Å². The highest BCUT2D eigenvalue weighted by atomic mass is 16.2. The Morgan fingerprint density at radius 2 is 1.59 bits per heavy atom. The van der Waals surface area contributed by atoms with E-state index >= 15 is 0 Å². The second-order valence-electron chi connectivity index (χ2n) is 6.95. The van der Waals surface area contributed by atoms with Crippen LogP contribution in [0.3, 0.4) is 0 Å². The maximum atomic E-state index is 12.8. The zero-order chi connectivity index (χ0) is 18.4. The molecule has 0 spiro atoms.